The number of amides is 1. The zero-order valence-electron chi connectivity index (χ0n) is 15.6. The predicted molar refractivity (Wildman–Crippen MR) is 114 cm³/mol. The second kappa shape index (κ2) is 9.87. The van der Waals surface area contributed by atoms with E-state index >= 15 is 0 Å². The van der Waals surface area contributed by atoms with E-state index in [1.54, 1.807) is 42.6 Å². The summed E-state index contributed by atoms with van der Waals surface area (Å²) in [5, 5.41) is 4.50. The van der Waals surface area contributed by atoms with Gasteiger partial charge in [-0.15, -0.1) is 0 Å². The number of esters is 1. The Balaban J connectivity index is 1.70. The summed E-state index contributed by atoms with van der Waals surface area (Å²) in [5.41, 5.74) is 3.57. The van der Waals surface area contributed by atoms with Crippen LogP contribution in [0.15, 0.2) is 66.0 Å². The van der Waals surface area contributed by atoms with Gasteiger partial charge in [0.15, 0.2) is 11.5 Å². The average molecular weight is 444 g/mol. The van der Waals surface area contributed by atoms with E-state index in [9.17, 15) is 9.59 Å². The number of benzene rings is 2. The second-order valence-electron chi connectivity index (χ2n) is 5.86. The fourth-order valence-corrected chi connectivity index (χ4v) is 2.87. The number of hydrogen-bond donors (Lipinski definition) is 1. The lowest BCUT2D eigenvalue weighted by Gasteiger charge is -2.10. The van der Waals surface area contributed by atoms with Crippen molar-refractivity contribution < 1.29 is 19.1 Å². The average Bonchev–Trinajstić information content (AvgIpc) is 2.75. The standard InChI is InChI=1S/C21H15Cl2N3O4/c1-29-19-9-13(11-25-26-20(27)14-3-2-8-24-12-14)4-7-18(19)30-21(28)16-6-5-15(22)10-17(16)23/h2-12H,1H3,(H,26,27). The summed E-state index contributed by atoms with van der Waals surface area (Å²) in [6.45, 7) is 0. The molecule has 0 saturated heterocycles. The predicted octanol–water partition coefficient (Wildman–Crippen LogP) is 4.38. The van der Waals surface area contributed by atoms with Crippen molar-refractivity contribution in [3.63, 3.8) is 0 Å². The van der Waals surface area contributed by atoms with Crippen LogP contribution in [0.25, 0.3) is 0 Å². The van der Waals surface area contributed by atoms with E-state index in [4.69, 9.17) is 32.7 Å². The SMILES string of the molecule is COc1cc(C=NNC(=O)c2cccnc2)ccc1OC(=O)c1ccc(Cl)cc1Cl. The quantitative estimate of drug-likeness (QED) is 0.264. The van der Waals surface area contributed by atoms with E-state index in [2.05, 4.69) is 15.5 Å². The van der Waals surface area contributed by atoms with Gasteiger partial charge in [-0.25, -0.2) is 10.2 Å². The molecule has 0 unspecified atom stereocenters. The summed E-state index contributed by atoms with van der Waals surface area (Å²) in [7, 11) is 1.44. The van der Waals surface area contributed by atoms with Crippen molar-refractivity contribution in [2.45, 2.75) is 0 Å². The number of pyridine rings is 1. The van der Waals surface area contributed by atoms with Gasteiger partial charge < -0.3 is 9.47 Å². The molecule has 0 aliphatic heterocycles. The Bertz CT molecular complexity index is 1100. The number of ether oxygens (including phenoxy) is 2. The maximum absolute atomic E-state index is 12.4. The highest BCUT2D eigenvalue weighted by molar-refractivity contribution is 6.36. The minimum Gasteiger partial charge on any atom is -0.493 e. The van der Waals surface area contributed by atoms with Crippen molar-refractivity contribution in [1.29, 1.82) is 0 Å². The van der Waals surface area contributed by atoms with Gasteiger partial charge in [-0.3, -0.25) is 9.78 Å². The van der Waals surface area contributed by atoms with E-state index in [0.717, 1.165) is 0 Å². The Morgan fingerprint density at radius 2 is 1.93 bits per heavy atom. The molecule has 1 N–H and O–H groups in total. The number of rotatable bonds is 6. The molecule has 1 heterocycles. The van der Waals surface area contributed by atoms with Crippen LogP contribution in [0.4, 0.5) is 0 Å². The highest BCUT2D eigenvalue weighted by atomic mass is 35.5. The van der Waals surface area contributed by atoms with E-state index in [-0.39, 0.29) is 16.3 Å². The summed E-state index contributed by atoms with van der Waals surface area (Å²) >= 11 is 11.9. The van der Waals surface area contributed by atoms with Gasteiger partial charge >= 0.3 is 5.97 Å². The third-order valence-corrected chi connectivity index (χ3v) is 4.39. The van der Waals surface area contributed by atoms with Crippen molar-refractivity contribution in [3.8, 4) is 11.5 Å². The molecule has 0 atom stereocenters. The van der Waals surface area contributed by atoms with Gasteiger partial charge in [-0.2, -0.15) is 5.10 Å². The van der Waals surface area contributed by atoms with Crippen molar-refractivity contribution >= 4 is 41.3 Å². The van der Waals surface area contributed by atoms with Gasteiger partial charge in [0.05, 0.1) is 29.5 Å². The highest BCUT2D eigenvalue weighted by Crippen LogP contribution is 2.29. The lowest BCUT2D eigenvalue weighted by molar-refractivity contribution is 0.0729. The van der Waals surface area contributed by atoms with Crippen LogP contribution < -0.4 is 14.9 Å². The molecular formula is C21H15Cl2N3O4. The minimum absolute atomic E-state index is 0.173. The lowest BCUT2D eigenvalue weighted by atomic mass is 10.2. The van der Waals surface area contributed by atoms with Crippen molar-refractivity contribution in [1.82, 2.24) is 10.4 Å². The van der Waals surface area contributed by atoms with E-state index in [1.807, 2.05) is 0 Å². The van der Waals surface area contributed by atoms with Crippen molar-refractivity contribution in [2.24, 2.45) is 5.10 Å². The van der Waals surface area contributed by atoms with E-state index in [1.165, 1.54) is 31.7 Å². The summed E-state index contributed by atoms with van der Waals surface area (Å²) < 4.78 is 10.7. The molecule has 0 radical (unpaired) electrons. The molecule has 0 aliphatic rings. The topological polar surface area (TPSA) is 89.9 Å². The highest BCUT2D eigenvalue weighted by Gasteiger charge is 2.16. The molecule has 9 heteroatoms. The number of carbonyl (C=O) groups excluding carboxylic acids is 2. The summed E-state index contributed by atoms with van der Waals surface area (Å²) in [4.78, 5) is 28.2. The van der Waals surface area contributed by atoms with Crippen LogP contribution in [0.2, 0.25) is 10.0 Å². The normalized spacial score (nSPS) is 10.6. The molecule has 0 aliphatic carbocycles. The molecule has 0 saturated carbocycles. The summed E-state index contributed by atoms with van der Waals surface area (Å²) in [5.74, 6) is -0.544. The van der Waals surface area contributed by atoms with Gasteiger partial charge in [0.1, 0.15) is 0 Å². The van der Waals surface area contributed by atoms with Gasteiger partial charge in [-0.05, 0) is 54.1 Å². The van der Waals surface area contributed by atoms with Crippen molar-refractivity contribution in [2.75, 3.05) is 7.11 Å². The lowest BCUT2D eigenvalue weighted by Crippen LogP contribution is -2.17. The third-order valence-electron chi connectivity index (χ3n) is 3.84. The van der Waals surface area contributed by atoms with Crippen LogP contribution in [0.5, 0.6) is 11.5 Å². The number of hydrazone groups is 1. The number of hydrogen-bond acceptors (Lipinski definition) is 6. The second-order valence-corrected chi connectivity index (χ2v) is 6.71. The van der Waals surface area contributed by atoms with Crippen LogP contribution in [0.3, 0.4) is 0 Å². The largest absolute Gasteiger partial charge is 0.493 e. The Hall–Kier alpha value is -3.42. The summed E-state index contributed by atoms with van der Waals surface area (Å²) in [6.07, 6.45) is 4.43. The Morgan fingerprint density at radius 3 is 2.63 bits per heavy atom. The van der Waals surface area contributed by atoms with Crippen LogP contribution in [-0.4, -0.2) is 30.2 Å². The van der Waals surface area contributed by atoms with Crippen LogP contribution >= 0.6 is 23.2 Å². The maximum atomic E-state index is 12.4. The first-order chi connectivity index (χ1) is 14.5. The molecule has 1 aromatic heterocycles. The molecule has 0 fully saturated rings. The number of nitrogens with zero attached hydrogens (tertiary/aromatic N) is 2. The molecule has 152 valence electrons. The molecule has 3 rings (SSSR count). The monoisotopic (exact) mass is 443 g/mol. The molecule has 7 nitrogen and oxygen atoms in total. The van der Waals surface area contributed by atoms with Crippen LogP contribution in [-0.2, 0) is 0 Å². The van der Waals surface area contributed by atoms with Crippen LogP contribution in [0, 0.1) is 0 Å². The minimum atomic E-state index is -0.653. The Labute approximate surface area is 182 Å². The molecular weight excluding hydrogens is 429 g/mol. The van der Waals surface area contributed by atoms with E-state index < -0.39 is 11.9 Å². The van der Waals surface area contributed by atoms with Crippen LogP contribution in [0.1, 0.15) is 26.3 Å². The zero-order chi connectivity index (χ0) is 21.5. The molecule has 1 amide bonds. The fraction of sp³-hybridized carbons (Fsp3) is 0.0476. The first-order valence-electron chi connectivity index (χ1n) is 8.56. The Morgan fingerprint density at radius 1 is 1.10 bits per heavy atom. The number of nitrogens with one attached hydrogen (secondary N) is 1. The van der Waals surface area contributed by atoms with Crippen molar-refractivity contribution in [3.05, 3.63) is 87.7 Å². The van der Waals surface area contributed by atoms with Gasteiger partial charge in [0, 0.05) is 17.4 Å². The number of halogens is 2. The fourth-order valence-electron chi connectivity index (χ4n) is 2.39. The Kier molecular flexibility index (Phi) is 7.00. The first-order valence-corrected chi connectivity index (χ1v) is 9.32. The number of carbonyl (C=O) groups is 2. The molecule has 30 heavy (non-hydrogen) atoms. The molecule has 0 spiro atoms. The zero-order valence-corrected chi connectivity index (χ0v) is 17.1. The third kappa shape index (κ3) is 5.34. The van der Waals surface area contributed by atoms with Gasteiger partial charge in [0.25, 0.3) is 5.91 Å². The van der Waals surface area contributed by atoms with Gasteiger partial charge in [-0.1, -0.05) is 23.2 Å². The van der Waals surface area contributed by atoms with E-state index in [0.29, 0.717) is 21.9 Å². The maximum Gasteiger partial charge on any atom is 0.345 e. The number of methoxy groups -OCH3 is 1. The smallest absolute Gasteiger partial charge is 0.345 e. The molecule has 0 bridgehead atoms. The molecule has 2 aromatic carbocycles. The number of aromatic nitrogens is 1. The molecule has 3 aromatic rings. The van der Waals surface area contributed by atoms with Gasteiger partial charge in [0.2, 0.25) is 0 Å². The first kappa shape index (κ1) is 21.3. The summed E-state index contributed by atoms with van der Waals surface area (Å²) in [6, 6.07) is 12.5.